The van der Waals surface area contributed by atoms with Gasteiger partial charge in [0, 0.05) is 5.56 Å². The van der Waals surface area contributed by atoms with Gasteiger partial charge in [-0.25, -0.2) is 4.79 Å². The summed E-state index contributed by atoms with van der Waals surface area (Å²) in [7, 11) is 0. The summed E-state index contributed by atoms with van der Waals surface area (Å²) in [6.45, 7) is 0.242. The van der Waals surface area contributed by atoms with Crippen molar-refractivity contribution in [3.05, 3.63) is 84.4 Å². The smallest absolute Gasteiger partial charge is 0.338 e. The summed E-state index contributed by atoms with van der Waals surface area (Å²) in [4.78, 5) is 24.3. The van der Waals surface area contributed by atoms with Crippen molar-refractivity contribution in [3.8, 4) is 17.1 Å². The van der Waals surface area contributed by atoms with E-state index in [-0.39, 0.29) is 6.61 Å². The van der Waals surface area contributed by atoms with Crippen LogP contribution in [0.5, 0.6) is 5.75 Å². The fraction of sp³-hybridized carbons (Fsp3) is 0.125. The van der Waals surface area contributed by atoms with Crippen LogP contribution in [0.3, 0.4) is 0 Å². The molecule has 1 aromatic heterocycles. The maximum absolute atomic E-state index is 12.4. The van der Waals surface area contributed by atoms with Crippen LogP contribution in [-0.2, 0) is 9.53 Å². The Kier molecular flexibility index (Phi) is 6.23. The molecule has 1 heterocycles. The van der Waals surface area contributed by atoms with Gasteiger partial charge in [-0.15, -0.1) is 0 Å². The highest BCUT2D eigenvalue weighted by Gasteiger charge is 2.15. The van der Waals surface area contributed by atoms with Crippen molar-refractivity contribution in [3.63, 3.8) is 0 Å². The average molecular weight is 416 g/mol. The Hall–Kier alpha value is -4.13. The van der Waals surface area contributed by atoms with Crippen LogP contribution in [0.15, 0.2) is 83.4 Å². The van der Waals surface area contributed by atoms with Crippen molar-refractivity contribution < 1.29 is 23.6 Å². The second-order valence-electron chi connectivity index (χ2n) is 6.70. The molecular formula is C24H20N2O5. The van der Waals surface area contributed by atoms with Crippen molar-refractivity contribution in [1.82, 2.24) is 10.5 Å². The minimum absolute atomic E-state index is 0.304. The molecule has 0 bridgehead atoms. The first-order valence-electron chi connectivity index (χ1n) is 9.77. The number of hydrogen-bond acceptors (Lipinski definition) is 6. The molecule has 1 amide bonds. The molecule has 0 aliphatic heterocycles. The van der Waals surface area contributed by atoms with E-state index in [1.165, 1.54) is 0 Å². The Morgan fingerprint density at radius 3 is 2.45 bits per heavy atom. The van der Waals surface area contributed by atoms with Gasteiger partial charge in [0.15, 0.2) is 12.4 Å². The third kappa shape index (κ3) is 5.08. The third-order valence-corrected chi connectivity index (χ3v) is 4.52. The molecule has 0 atom stereocenters. The Morgan fingerprint density at radius 2 is 1.68 bits per heavy atom. The molecule has 31 heavy (non-hydrogen) atoms. The van der Waals surface area contributed by atoms with Crippen LogP contribution in [0.4, 0.5) is 0 Å². The zero-order valence-corrected chi connectivity index (χ0v) is 16.6. The van der Waals surface area contributed by atoms with Crippen LogP contribution in [0, 0.1) is 0 Å². The number of nitrogens with one attached hydrogen (secondary N) is 1. The zero-order chi connectivity index (χ0) is 21.5. The van der Waals surface area contributed by atoms with Crippen LogP contribution in [0.25, 0.3) is 22.2 Å². The number of ether oxygens (including phenoxy) is 2. The van der Waals surface area contributed by atoms with Gasteiger partial charge in [-0.1, -0.05) is 53.7 Å². The summed E-state index contributed by atoms with van der Waals surface area (Å²) in [5, 5.41) is 7.38. The molecule has 4 rings (SSSR count). The average Bonchev–Trinajstić information content (AvgIpc) is 3.25. The lowest BCUT2D eigenvalue weighted by molar-refractivity contribution is -0.124. The quantitative estimate of drug-likeness (QED) is 0.347. The molecule has 0 radical (unpaired) electrons. The van der Waals surface area contributed by atoms with Crippen molar-refractivity contribution in [2.45, 2.75) is 0 Å². The second kappa shape index (κ2) is 9.58. The number of carbonyl (C=O) groups is 2. The first-order chi connectivity index (χ1) is 15.2. The Balaban J connectivity index is 1.30. The van der Waals surface area contributed by atoms with E-state index in [0.29, 0.717) is 35.4 Å². The lowest BCUT2D eigenvalue weighted by Gasteiger charge is -2.08. The number of fused-ring (bicyclic) bond motifs is 1. The molecular weight excluding hydrogens is 396 g/mol. The molecule has 0 saturated heterocycles. The monoisotopic (exact) mass is 416 g/mol. The van der Waals surface area contributed by atoms with Gasteiger partial charge >= 0.3 is 5.97 Å². The summed E-state index contributed by atoms with van der Waals surface area (Å²) in [6.07, 6.45) is 0. The highest BCUT2D eigenvalue weighted by atomic mass is 16.5. The van der Waals surface area contributed by atoms with Gasteiger partial charge in [0.2, 0.25) is 0 Å². The normalized spacial score (nSPS) is 10.6. The van der Waals surface area contributed by atoms with Crippen molar-refractivity contribution in [1.29, 1.82) is 0 Å². The number of carbonyl (C=O) groups excluding carboxylic acids is 2. The van der Waals surface area contributed by atoms with Crippen LogP contribution >= 0.6 is 0 Å². The number of amides is 1. The van der Waals surface area contributed by atoms with Crippen molar-refractivity contribution in [2.75, 3.05) is 19.8 Å². The number of rotatable bonds is 8. The fourth-order valence-electron chi connectivity index (χ4n) is 3.01. The molecule has 0 fully saturated rings. The largest absolute Gasteiger partial charge is 0.492 e. The molecule has 1 N–H and O–H groups in total. The van der Waals surface area contributed by atoms with Gasteiger partial charge in [-0.05, 0) is 30.3 Å². The van der Waals surface area contributed by atoms with Crippen LogP contribution in [0.1, 0.15) is 10.4 Å². The molecule has 4 aromatic rings. The Labute approximate surface area is 178 Å². The van der Waals surface area contributed by atoms with Gasteiger partial charge < -0.3 is 19.3 Å². The first-order valence-corrected chi connectivity index (χ1v) is 9.77. The molecule has 0 aliphatic rings. The predicted molar refractivity (Wildman–Crippen MR) is 115 cm³/mol. The van der Waals surface area contributed by atoms with Gasteiger partial charge in [-0.2, -0.15) is 0 Å². The first kappa shape index (κ1) is 20.2. The van der Waals surface area contributed by atoms with E-state index in [1.54, 1.807) is 18.2 Å². The Bertz CT molecular complexity index is 1170. The van der Waals surface area contributed by atoms with Gasteiger partial charge in [0.05, 0.1) is 17.5 Å². The molecule has 0 aliphatic carbocycles. The number of nitrogens with zero attached hydrogens (tertiary/aromatic N) is 1. The lowest BCUT2D eigenvalue weighted by atomic mass is 10.1. The fourth-order valence-corrected chi connectivity index (χ4v) is 3.01. The number of para-hydroxylation sites is 1. The van der Waals surface area contributed by atoms with Crippen LogP contribution in [-0.4, -0.2) is 36.8 Å². The molecule has 0 saturated carbocycles. The second-order valence-corrected chi connectivity index (χ2v) is 6.70. The van der Waals surface area contributed by atoms with E-state index in [0.717, 1.165) is 11.3 Å². The molecule has 156 valence electrons. The number of esters is 1. The number of benzene rings is 3. The summed E-state index contributed by atoms with van der Waals surface area (Å²) in [5.74, 6) is 0.294. The number of aromatic nitrogens is 1. The van der Waals surface area contributed by atoms with E-state index in [9.17, 15) is 9.59 Å². The maximum Gasteiger partial charge on any atom is 0.338 e. The van der Waals surface area contributed by atoms with Gasteiger partial charge in [0.25, 0.3) is 5.91 Å². The minimum Gasteiger partial charge on any atom is -0.492 e. The molecule has 0 spiro atoms. The van der Waals surface area contributed by atoms with E-state index in [2.05, 4.69) is 10.5 Å². The maximum atomic E-state index is 12.4. The topological polar surface area (TPSA) is 90.7 Å². The van der Waals surface area contributed by atoms with E-state index in [4.69, 9.17) is 14.0 Å². The molecule has 7 heteroatoms. The summed E-state index contributed by atoms with van der Waals surface area (Å²) in [5.41, 5.74) is 1.80. The molecule has 7 nitrogen and oxygen atoms in total. The molecule has 0 unspecified atom stereocenters. The standard InChI is InChI=1S/C24H20N2O5/c27-22(25-13-14-29-19-9-5-2-6-10-19)16-30-24(28)18-11-12-21-20(15-18)23(31-26-21)17-7-3-1-4-8-17/h1-12,15H,13-14,16H2,(H,25,27). The predicted octanol–water partition coefficient (Wildman–Crippen LogP) is 3.85. The number of hydrogen-bond donors (Lipinski definition) is 1. The lowest BCUT2D eigenvalue weighted by Crippen LogP contribution is -2.32. The van der Waals surface area contributed by atoms with Gasteiger partial charge in [-0.3, -0.25) is 4.79 Å². The van der Waals surface area contributed by atoms with Crippen molar-refractivity contribution in [2.24, 2.45) is 0 Å². The summed E-state index contributed by atoms with van der Waals surface area (Å²) in [6, 6.07) is 23.7. The highest BCUT2D eigenvalue weighted by molar-refractivity contribution is 5.99. The van der Waals surface area contributed by atoms with E-state index >= 15 is 0 Å². The Morgan fingerprint density at radius 1 is 0.935 bits per heavy atom. The minimum atomic E-state index is -0.599. The summed E-state index contributed by atoms with van der Waals surface area (Å²) >= 11 is 0. The van der Waals surface area contributed by atoms with Crippen LogP contribution in [0.2, 0.25) is 0 Å². The molecule has 3 aromatic carbocycles. The SMILES string of the molecule is O=C(COC(=O)c1ccc2noc(-c3ccccc3)c2c1)NCCOc1ccccc1. The van der Waals surface area contributed by atoms with Crippen molar-refractivity contribution >= 4 is 22.8 Å². The van der Waals surface area contributed by atoms with Gasteiger partial charge in [0.1, 0.15) is 17.9 Å². The zero-order valence-electron chi connectivity index (χ0n) is 16.6. The van der Waals surface area contributed by atoms with E-state index in [1.807, 2.05) is 60.7 Å². The van der Waals surface area contributed by atoms with Crippen LogP contribution < -0.4 is 10.1 Å². The summed E-state index contributed by atoms with van der Waals surface area (Å²) < 4.78 is 16.1. The van der Waals surface area contributed by atoms with E-state index < -0.39 is 11.9 Å². The highest BCUT2D eigenvalue weighted by Crippen LogP contribution is 2.29. The third-order valence-electron chi connectivity index (χ3n) is 4.52.